The molecule has 2 aliphatic rings. The van der Waals surface area contributed by atoms with Crippen LogP contribution in [-0.2, 0) is 16.1 Å². The number of hydrogen-bond donors (Lipinski definition) is 1. The Bertz CT molecular complexity index is 525. The van der Waals surface area contributed by atoms with Crippen molar-refractivity contribution >= 4 is 18.3 Å². The number of hydrogen-bond acceptors (Lipinski definition) is 3. The molecule has 6 heteroatoms. The Hall–Kier alpha value is -1.17. The standard InChI is InChI=1S/C16H21FN2O2.ClH/c17-14-4-2-1-3-11(14)10-19(12-5-6-12)16(20)15-8-7-13(9-18)21-15;/h1-4,12-13,15H,5-10,18H2;1H/t13-,15+;/m1./s1. The van der Waals surface area contributed by atoms with Gasteiger partial charge in [0.05, 0.1) is 6.10 Å². The molecule has 1 saturated carbocycles. The van der Waals surface area contributed by atoms with E-state index >= 15 is 0 Å². The molecule has 1 heterocycles. The van der Waals surface area contributed by atoms with Crippen LogP contribution < -0.4 is 5.73 Å². The zero-order valence-corrected chi connectivity index (χ0v) is 13.2. The van der Waals surface area contributed by atoms with Gasteiger partial charge >= 0.3 is 0 Å². The summed E-state index contributed by atoms with van der Waals surface area (Å²) in [7, 11) is 0. The number of benzene rings is 1. The average molecular weight is 329 g/mol. The van der Waals surface area contributed by atoms with E-state index in [2.05, 4.69) is 0 Å². The van der Waals surface area contributed by atoms with Crippen LogP contribution in [0, 0.1) is 5.82 Å². The van der Waals surface area contributed by atoms with Crippen molar-refractivity contribution in [1.82, 2.24) is 4.90 Å². The van der Waals surface area contributed by atoms with Crippen LogP contribution in [0.3, 0.4) is 0 Å². The minimum Gasteiger partial charge on any atom is -0.364 e. The number of rotatable bonds is 5. The van der Waals surface area contributed by atoms with Crippen molar-refractivity contribution in [3.05, 3.63) is 35.6 Å². The van der Waals surface area contributed by atoms with Gasteiger partial charge in [0.1, 0.15) is 11.9 Å². The van der Waals surface area contributed by atoms with Crippen molar-refractivity contribution in [2.24, 2.45) is 5.73 Å². The van der Waals surface area contributed by atoms with E-state index in [0.717, 1.165) is 19.3 Å². The first-order chi connectivity index (χ1) is 10.2. The van der Waals surface area contributed by atoms with Gasteiger partial charge in [0.15, 0.2) is 0 Å². The van der Waals surface area contributed by atoms with Gasteiger partial charge in [-0.1, -0.05) is 18.2 Å². The van der Waals surface area contributed by atoms with E-state index in [-0.39, 0.29) is 36.3 Å². The highest BCUT2D eigenvalue weighted by atomic mass is 35.5. The fourth-order valence-electron chi connectivity index (χ4n) is 2.83. The lowest BCUT2D eigenvalue weighted by Gasteiger charge is -2.26. The molecule has 2 fully saturated rings. The van der Waals surface area contributed by atoms with E-state index in [4.69, 9.17) is 10.5 Å². The first-order valence-electron chi connectivity index (χ1n) is 7.58. The second-order valence-corrected chi connectivity index (χ2v) is 5.85. The van der Waals surface area contributed by atoms with Crippen LogP contribution in [0.25, 0.3) is 0 Å². The third-order valence-electron chi connectivity index (χ3n) is 4.22. The topological polar surface area (TPSA) is 55.6 Å². The molecule has 2 N–H and O–H groups in total. The number of nitrogens with two attached hydrogens (primary N) is 1. The van der Waals surface area contributed by atoms with Gasteiger partial charge in [-0.05, 0) is 31.7 Å². The van der Waals surface area contributed by atoms with Gasteiger partial charge in [-0.2, -0.15) is 0 Å². The summed E-state index contributed by atoms with van der Waals surface area (Å²) in [5.41, 5.74) is 6.15. The van der Waals surface area contributed by atoms with E-state index in [9.17, 15) is 9.18 Å². The highest BCUT2D eigenvalue weighted by Crippen LogP contribution is 2.31. The molecule has 1 aromatic rings. The largest absolute Gasteiger partial charge is 0.364 e. The van der Waals surface area contributed by atoms with Crippen molar-refractivity contribution in [2.75, 3.05) is 6.54 Å². The fraction of sp³-hybridized carbons (Fsp3) is 0.562. The van der Waals surface area contributed by atoms with Gasteiger partial charge in [0, 0.05) is 24.7 Å². The molecule has 22 heavy (non-hydrogen) atoms. The molecule has 1 aliphatic carbocycles. The molecular weight excluding hydrogens is 307 g/mol. The zero-order chi connectivity index (χ0) is 14.8. The molecule has 1 amide bonds. The predicted octanol–water partition coefficient (Wildman–Crippen LogP) is 2.24. The van der Waals surface area contributed by atoms with E-state index in [0.29, 0.717) is 25.1 Å². The van der Waals surface area contributed by atoms with E-state index in [1.807, 2.05) is 0 Å². The van der Waals surface area contributed by atoms with Gasteiger partial charge in [-0.3, -0.25) is 4.79 Å². The van der Waals surface area contributed by atoms with Crippen molar-refractivity contribution in [1.29, 1.82) is 0 Å². The van der Waals surface area contributed by atoms with Gasteiger partial charge in [-0.15, -0.1) is 12.4 Å². The lowest BCUT2D eigenvalue weighted by atomic mass is 10.1. The van der Waals surface area contributed by atoms with Gasteiger partial charge in [0.2, 0.25) is 0 Å². The smallest absolute Gasteiger partial charge is 0.252 e. The summed E-state index contributed by atoms with van der Waals surface area (Å²) in [5, 5.41) is 0. The molecule has 1 aromatic carbocycles. The summed E-state index contributed by atoms with van der Waals surface area (Å²) < 4.78 is 19.5. The van der Waals surface area contributed by atoms with Crippen LogP contribution in [0.15, 0.2) is 24.3 Å². The van der Waals surface area contributed by atoms with Gasteiger partial charge in [-0.25, -0.2) is 4.39 Å². The van der Waals surface area contributed by atoms with Crippen molar-refractivity contribution < 1.29 is 13.9 Å². The van der Waals surface area contributed by atoms with Crippen LogP contribution in [-0.4, -0.2) is 35.6 Å². The Balaban J connectivity index is 0.00000176. The third-order valence-corrected chi connectivity index (χ3v) is 4.22. The first kappa shape index (κ1) is 17.2. The SMILES string of the molecule is Cl.NC[C@H]1CC[C@@H](C(=O)N(Cc2ccccc2F)C2CC2)O1. The number of ether oxygens (including phenoxy) is 1. The lowest BCUT2D eigenvalue weighted by molar-refractivity contribution is -0.144. The summed E-state index contributed by atoms with van der Waals surface area (Å²) in [4.78, 5) is 14.4. The molecule has 0 unspecified atom stereocenters. The predicted molar refractivity (Wildman–Crippen MR) is 84.2 cm³/mol. The summed E-state index contributed by atoms with van der Waals surface area (Å²) in [6.45, 7) is 0.768. The maximum atomic E-state index is 13.8. The highest BCUT2D eigenvalue weighted by molar-refractivity contribution is 5.85. The van der Waals surface area contributed by atoms with Crippen molar-refractivity contribution in [3.63, 3.8) is 0 Å². The number of carbonyl (C=O) groups excluding carboxylic acids is 1. The third kappa shape index (κ3) is 3.77. The first-order valence-corrected chi connectivity index (χ1v) is 7.58. The normalized spacial score (nSPS) is 23.9. The van der Waals surface area contributed by atoms with Crippen LogP contribution in [0.2, 0.25) is 0 Å². The minimum absolute atomic E-state index is 0. The molecule has 0 bridgehead atoms. The highest BCUT2D eigenvalue weighted by Gasteiger charge is 2.39. The Kier molecular flexibility index (Phi) is 5.78. The van der Waals surface area contributed by atoms with Gasteiger partial charge < -0.3 is 15.4 Å². The summed E-state index contributed by atoms with van der Waals surface area (Å²) in [6.07, 6.45) is 3.09. The summed E-state index contributed by atoms with van der Waals surface area (Å²) >= 11 is 0. The monoisotopic (exact) mass is 328 g/mol. The Labute approximate surface area is 136 Å². The van der Waals surface area contributed by atoms with Crippen LogP contribution in [0.1, 0.15) is 31.2 Å². The summed E-state index contributed by atoms with van der Waals surface area (Å²) in [6, 6.07) is 6.86. The van der Waals surface area contributed by atoms with E-state index in [1.165, 1.54) is 6.07 Å². The molecule has 2 atom stereocenters. The average Bonchev–Trinajstić information content (AvgIpc) is 3.22. The minimum atomic E-state index is -0.411. The number of amides is 1. The number of nitrogens with zero attached hydrogens (tertiary/aromatic N) is 1. The van der Waals surface area contributed by atoms with Crippen LogP contribution in [0.4, 0.5) is 4.39 Å². The maximum absolute atomic E-state index is 13.8. The lowest BCUT2D eigenvalue weighted by Crippen LogP contribution is -2.40. The summed E-state index contributed by atoms with van der Waals surface area (Å²) in [5.74, 6) is -0.278. The van der Waals surface area contributed by atoms with Gasteiger partial charge in [0.25, 0.3) is 5.91 Å². The second kappa shape index (κ2) is 7.40. The second-order valence-electron chi connectivity index (χ2n) is 5.85. The molecule has 1 aliphatic heterocycles. The van der Waals surface area contributed by atoms with E-state index < -0.39 is 6.10 Å². The molecule has 122 valence electrons. The molecule has 1 saturated heterocycles. The van der Waals surface area contributed by atoms with Crippen molar-refractivity contribution in [3.8, 4) is 0 Å². The molecule has 0 radical (unpaired) electrons. The molecule has 3 rings (SSSR count). The Morgan fingerprint density at radius 2 is 2.00 bits per heavy atom. The van der Waals surface area contributed by atoms with Crippen molar-refractivity contribution in [2.45, 2.75) is 50.5 Å². The van der Waals surface area contributed by atoms with Crippen LogP contribution in [0.5, 0.6) is 0 Å². The molecule has 4 nitrogen and oxygen atoms in total. The number of halogens is 2. The zero-order valence-electron chi connectivity index (χ0n) is 12.4. The fourth-order valence-corrected chi connectivity index (χ4v) is 2.83. The molecule has 0 aromatic heterocycles. The molecule has 0 spiro atoms. The van der Waals surface area contributed by atoms with E-state index in [1.54, 1.807) is 23.1 Å². The Morgan fingerprint density at radius 3 is 2.59 bits per heavy atom. The number of carbonyl (C=O) groups is 1. The maximum Gasteiger partial charge on any atom is 0.252 e. The quantitative estimate of drug-likeness (QED) is 0.902. The van der Waals surface area contributed by atoms with Crippen LogP contribution >= 0.6 is 12.4 Å². The Morgan fingerprint density at radius 1 is 1.27 bits per heavy atom. The molecular formula is C16H22ClFN2O2.